The first-order valence-electron chi connectivity index (χ1n) is 9.50. The first-order chi connectivity index (χ1) is 12.2. The fourth-order valence-corrected chi connectivity index (χ4v) is 5.28. The fourth-order valence-electron chi connectivity index (χ4n) is 3.74. The van der Waals surface area contributed by atoms with Crippen LogP contribution in [0.4, 0.5) is 4.79 Å². The van der Waals surface area contributed by atoms with Gasteiger partial charge in [0.1, 0.15) is 0 Å². The Hall–Kier alpha value is -0.990. The molecule has 3 atom stereocenters. The topological polar surface area (TPSA) is 91.5 Å². The zero-order valence-electron chi connectivity index (χ0n) is 14.7. The first kappa shape index (κ1) is 18.8. The van der Waals surface area contributed by atoms with Crippen LogP contribution in [-0.2, 0) is 9.53 Å². The molecule has 3 aliphatic rings. The minimum Gasteiger partial charge on any atom is -0.376 e. The summed E-state index contributed by atoms with van der Waals surface area (Å²) in [5.74, 6) is 1.10. The molecule has 25 heavy (non-hydrogen) atoms. The molecule has 0 spiro atoms. The van der Waals surface area contributed by atoms with Crippen molar-refractivity contribution in [1.82, 2.24) is 21.3 Å². The predicted octanol–water partition coefficient (Wildman–Crippen LogP) is 0.597. The summed E-state index contributed by atoms with van der Waals surface area (Å²) in [4.78, 5) is 23.2. The average Bonchev–Trinajstić information content (AvgIpc) is 3.16. The average molecular weight is 371 g/mol. The Kier molecular flexibility index (Phi) is 7.24. The first-order valence-corrected chi connectivity index (χ1v) is 10.5. The van der Waals surface area contributed by atoms with Gasteiger partial charge in [0, 0.05) is 24.0 Å². The molecule has 0 radical (unpaired) electrons. The Labute approximate surface area is 153 Å². The molecule has 3 aliphatic heterocycles. The van der Waals surface area contributed by atoms with E-state index in [0.29, 0.717) is 30.9 Å². The second-order valence-corrected chi connectivity index (χ2v) is 8.31. The second kappa shape index (κ2) is 9.64. The van der Waals surface area contributed by atoms with Gasteiger partial charge in [0.25, 0.3) is 0 Å². The highest BCUT2D eigenvalue weighted by atomic mass is 32.2. The van der Waals surface area contributed by atoms with Crippen molar-refractivity contribution in [3.8, 4) is 0 Å². The zero-order valence-corrected chi connectivity index (χ0v) is 15.5. The maximum Gasteiger partial charge on any atom is 0.315 e. The third-order valence-corrected chi connectivity index (χ3v) is 6.65. The Morgan fingerprint density at radius 1 is 1.24 bits per heavy atom. The molecule has 0 aromatic heterocycles. The van der Waals surface area contributed by atoms with E-state index in [0.717, 1.165) is 50.9 Å². The summed E-state index contributed by atoms with van der Waals surface area (Å²) < 4.78 is 5.78. The van der Waals surface area contributed by atoms with E-state index in [9.17, 15) is 9.59 Å². The molecule has 0 aliphatic carbocycles. The molecule has 142 valence electrons. The van der Waals surface area contributed by atoms with Gasteiger partial charge in [-0.15, -0.1) is 0 Å². The number of carbonyl (C=O) groups is 2. The van der Waals surface area contributed by atoms with E-state index in [1.54, 1.807) is 0 Å². The van der Waals surface area contributed by atoms with Gasteiger partial charge in [-0.25, -0.2) is 4.79 Å². The highest BCUT2D eigenvalue weighted by Gasteiger charge is 2.42. The molecule has 3 fully saturated rings. The SMILES string of the molecule is O=C(CCCC[C@@H]1SC[C@@H]2NC(=O)N[C@@H]21)NCCOC1CCNCC1. The van der Waals surface area contributed by atoms with Gasteiger partial charge in [0.15, 0.2) is 0 Å². The largest absolute Gasteiger partial charge is 0.376 e. The maximum atomic E-state index is 11.9. The number of rotatable bonds is 9. The lowest BCUT2D eigenvalue weighted by molar-refractivity contribution is -0.121. The van der Waals surface area contributed by atoms with Crippen LogP contribution in [0.25, 0.3) is 0 Å². The van der Waals surface area contributed by atoms with E-state index in [1.165, 1.54) is 0 Å². The summed E-state index contributed by atoms with van der Waals surface area (Å²) in [7, 11) is 0. The summed E-state index contributed by atoms with van der Waals surface area (Å²) >= 11 is 1.93. The third-order valence-electron chi connectivity index (χ3n) is 5.14. The van der Waals surface area contributed by atoms with Gasteiger partial charge in [0.05, 0.1) is 24.8 Å². The van der Waals surface area contributed by atoms with Crippen molar-refractivity contribution < 1.29 is 14.3 Å². The number of urea groups is 1. The normalized spacial score (nSPS) is 29.1. The molecular formula is C17H30N4O3S. The Morgan fingerprint density at radius 2 is 2.08 bits per heavy atom. The number of fused-ring (bicyclic) bond motifs is 1. The third kappa shape index (κ3) is 5.76. The minimum absolute atomic E-state index is 0.0358. The molecule has 0 saturated carbocycles. The monoisotopic (exact) mass is 370 g/mol. The van der Waals surface area contributed by atoms with Crippen molar-refractivity contribution in [3.63, 3.8) is 0 Å². The van der Waals surface area contributed by atoms with Gasteiger partial charge in [-0.2, -0.15) is 11.8 Å². The van der Waals surface area contributed by atoms with Crippen LogP contribution in [0.1, 0.15) is 38.5 Å². The van der Waals surface area contributed by atoms with Gasteiger partial charge >= 0.3 is 6.03 Å². The molecule has 3 amide bonds. The molecule has 0 aromatic carbocycles. The Morgan fingerprint density at radius 3 is 2.92 bits per heavy atom. The van der Waals surface area contributed by atoms with Crippen LogP contribution in [-0.4, -0.2) is 67.4 Å². The zero-order chi connectivity index (χ0) is 17.5. The highest BCUT2D eigenvalue weighted by molar-refractivity contribution is 8.00. The van der Waals surface area contributed by atoms with Gasteiger partial charge in [-0.1, -0.05) is 6.42 Å². The van der Waals surface area contributed by atoms with E-state index in [1.807, 2.05) is 11.8 Å². The van der Waals surface area contributed by atoms with Gasteiger partial charge in [-0.3, -0.25) is 4.79 Å². The van der Waals surface area contributed by atoms with Crippen LogP contribution < -0.4 is 21.3 Å². The maximum absolute atomic E-state index is 11.9. The molecule has 3 heterocycles. The molecule has 4 N–H and O–H groups in total. The molecule has 7 nitrogen and oxygen atoms in total. The number of nitrogens with one attached hydrogen (secondary N) is 4. The molecule has 0 unspecified atom stereocenters. The summed E-state index contributed by atoms with van der Waals surface area (Å²) in [6.45, 7) is 3.25. The summed E-state index contributed by atoms with van der Waals surface area (Å²) in [6.07, 6.45) is 6.02. The lowest BCUT2D eigenvalue weighted by Crippen LogP contribution is -2.36. The van der Waals surface area contributed by atoms with Crippen molar-refractivity contribution >= 4 is 23.7 Å². The number of hydrogen-bond acceptors (Lipinski definition) is 5. The van der Waals surface area contributed by atoms with E-state index in [4.69, 9.17) is 4.74 Å². The predicted molar refractivity (Wildman–Crippen MR) is 98.8 cm³/mol. The highest BCUT2D eigenvalue weighted by Crippen LogP contribution is 2.33. The quantitative estimate of drug-likeness (QED) is 0.352. The van der Waals surface area contributed by atoms with Crippen LogP contribution >= 0.6 is 11.8 Å². The molecule has 0 aromatic rings. The van der Waals surface area contributed by atoms with Gasteiger partial charge < -0.3 is 26.0 Å². The Balaban J connectivity index is 1.18. The van der Waals surface area contributed by atoms with Crippen molar-refractivity contribution in [2.75, 3.05) is 32.0 Å². The molecule has 3 rings (SSSR count). The number of hydrogen-bond donors (Lipinski definition) is 4. The van der Waals surface area contributed by atoms with Crippen LogP contribution in [0.2, 0.25) is 0 Å². The fraction of sp³-hybridized carbons (Fsp3) is 0.882. The summed E-state index contributed by atoms with van der Waals surface area (Å²) in [5, 5.41) is 12.7. The van der Waals surface area contributed by atoms with Crippen LogP contribution in [0.3, 0.4) is 0 Å². The molecular weight excluding hydrogens is 340 g/mol. The second-order valence-electron chi connectivity index (χ2n) is 7.04. The number of ether oxygens (including phenoxy) is 1. The van der Waals surface area contributed by atoms with Crippen molar-refractivity contribution in [2.24, 2.45) is 0 Å². The van der Waals surface area contributed by atoms with Crippen LogP contribution in [0.5, 0.6) is 0 Å². The van der Waals surface area contributed by atoms with Crippen molar-refractivity contribution in [1.29, 1.82) is 0 Å². The molecule has 8 heteroatoms. The summed E-state index contributed by atoms with van der Waals surface area (Å²) in [6, 6.07) is 0.510. The number of amides is 3. The lowest BCUT2D eigenvalue weighted by atomic mass is 10.0. The summed E-state index contributed by atoms with van der Waals surface area (Å²) in [5.41, 5.74) is 0. The van der Waals surface area contributed by atoms with E-state index in [-0.39, 0.29) is 24.0 Å². The Bertz CT molecular complexity index is 459. The van der Waals surface area contributed by atoms with Crippen molar-refractivity contribution in [2.45, 2.75) is 62.0 Å². The van der Waals surface area contributed by atoms with E-state index >= 15 is 0 Å². The number of piperidine rings is 1. The number of carbonyl (C=O) groups excluding carboxylic acids is 2. The minimum atomic E-state index is -0.0358. The van der Waals surface area contributed by atoms with Crippen LogP contribution in [0, 0.1) is 0 Å². The van der Waals surface area contributed by atoms with Gasteiger partial charge in [0.2, 0.25) is 5.91 Å². The number of unbranched alkanes of at least 4 members (excludes halogenated alkanes) is 1. The van der Waals surface area contributed by atoms with Crippen LogP contribution in [0.15, 0.2) is 0 Å². The molecule has 0 bridgehead atoms. The standard InChI is InChI=1S/C17H30N4O3S/c22-15(19-9-10-24-12-5-7-18-8-6-12)4-2-1-3-14-16-13(11-25-14)20-17(23)21-16/h12-14,16,18H,1-11H2,(H,19,22)(H2,20,21,23)/t13-,14-,16-/m0/s1. The van der Waals surface area contributed by atoms with E-state index in [2.05, 4.69) is 21.3 Å². The lowest BCUT2D eigenvalue weighted by Gasteiger charge is -2.22. The van der Waals surface area contributed by atoms with Gasteiger partial charge in [-0.05, 0) is 38.8 Å². The van der Waals surface area contributed by atoms with Crippen molar-refractivity contribution in [3.05, 3.63) is 0 Å². The van der Waals surface area contributed by atoms with E-state index < -0.39 is 0 Å². The smallest absolute Gasteiger partial charge is 0.315 e. The number of thioether (sulfide) groups is 1. The molecule has 3 saturated heterocycles.